The van der Waals surface area contributed by atoms with E-state index >= 15 is 0 Å². The number of carbonyl (C=O) groups is 2. The van der Waals surface area contributed by atoms with E-state index in [0.717, 1.165) is 0 Å². The number of carbonyl (C=O) groups excluding carboxylic acids is 2. The van der Waals surface area contributed by atoms with E-state index in [2.05, 4.69) is 5.32 Å². The van der Waals surface area contributed by atoms with Gasteiger partial charge in [-0.25, -0.2) is 0 Å². The molecule has 152 valence electrons. The van der Waals surface area contributed by atoms with E-state index < -0.39 is 0 Å². The number of nitrogens with one attached hydrogen (secondary N) is 1. The first-order valence-corrected chi connectivity index (χ1v) is 9.36. The average Bonchev–Trinajstić information content (AvgIpc) is 2.98. The fraction of sp³-hybridized carbons (Fsp3) is 0.273. The molecule has 7 heteroatoms. The second-order valence-electron chi connectivity index (χ2n) is 6.25. The number of methoxy groups -OCH3 is 2. The highest BCUT2D eigenvalue weighted by atomic mass is 16.5. The minimum atomic E-state index is -0.376. The molecule has 3 rings (SSSR count). The van der Waals surface area contributed by atoms with Crippen LogP contribution >= 0.6 is 0 Å². The summed E-state index contributed by atoms with van der Waals surface area (Å²) in [6.45, 7) is 4.50. The van der Waals surface area contributed by atoms with Gasteiger partial charge in [0.1, 0.15) is 22.9 Å². The lowest BCUT2D eigenvalue weighted by Crippen LogP contribution is -2.32. The Balaban J connectivity index is 2.05. The Morgan fingerprint density at radius 1 is 0.897 bits per heavy atom. The van der Waals surface area contributed by atoms with Crippen molar-refractivity contribution in [2.45, 2.75) is 13.8 Å². The van der Waals surface area contributed by atoms with Gasteiger partial charge >= 0.3 is 0 Å². The van der Waals surface area contributed by atoms with E-state index in [1.807, 2.05) is 6.92 Å². The van der Waals surface area contributed by atoms with Crippen LogP contribution in [0.2, 0.25) is 0 Å². The van der Waals surface area contributed by atoms with Crippen LogP contribution in [0.4, 0.5) is 5.69 Å². The zero-order chi connectivity index (χ0) is 21.0. The molecule has 2 amide bonds. The molecule has 29 heavy (non-hydrogen) atoms. The molecule has 1 heterocycles. The maximum Gasteiger partial charge on any atom is 0.278 e. The Bertz CT molecular complexity index is 950. The van der Waals surface area contributed by atoms with Crippen molar-refractivity contribution in [3.8, 4) is 17.2 Å². The van der Waals surface area contributed by atoms with Gasteiger partial charge < -0.3 is 19.5 Å². The third-order valence-corrected chi connectivity index (χ3v) is 4.61. The zero-order valence-corrected chi connectivity index (χ0v) is 16.9. The molecule has 0 radical (unpaired) electrons. The Labute approximate surface area is 169 Å². The Kier molecular flexibility index (Phi) is 6.07. The third kappa shape index (κ3) is 3.89. The summed E-state index contributed by atoms with van der Waals surface area (Å²) >= 11 is 0. The van der Waals surface area contributed by atoms with E-state index in [4.69, 9.17) is 14.2 Å². The first kappa shape index (κ1) is 20.3. The lowest BCUT2D eigenvalue weighted by molar-refractivity contribution is -0.136. The third-order valence-electron chi connectivity index (χ3n) is 4.61. The molecule has 0 aliphatic carbocycles. The van der Waals surface area contributed by atoms with Crippen LogP contribution in [0.3, 0.4) is 0 Å². The van der Waals surface area contributed by atoms with Crippen LogP contribution in [-0.4, -0.2) is 44.1 Å². The molecule has 7 nitrogen and oxygen atoms in total. The highest BCUT2D eigenvalue weighted by Gasteiger charge is 2.38. The van der Waals surface area contributed by atoms with Gasteiger partial charge in [-0.2, -0.15) is 0 Å². The molecule has 0 bridgehead atoms. The summed E-state index contributed by atoms with van der Waals surface area (Å²) in [4.78, 5) is 27.1. The fourth-order valence-electron chi connectivity index (χ4n) is 3.17. The minimum absolute atomic E-state index is 0.212. The van der Waals surface area contributed by atoms with Gasteiger partial charge in [-0.1, -0.05) is 12.1 Å². The Morgan fingerprint density at radius 3 is 2.17 bits per heavy atom. The van der Waals surface area contributed by atoms with Crippen molar-refractivity contribution in [1.82, 2.24) is 4.90 Å². The molecule has 2 aromatic carbocycles. The predicted octanol–water partition coefficient (Wildman–Crippen LogP) is 3.31. The largest absolute Gasteiger partial charge is 0.497 e. The van der Waals surface area contributed by atoms with Crippen LogP contribution < -0.4 is 19.5 Å². The van der Waals surface area contributed by atoms with Gasteiger partial charge in [0, 0.05) is 12.6 Å². The molecule has 1 aliphatic heterocycles. The van der Waals surface area contributed by atoms with Crippen molar-refractivity contribution in [3.63, 3.8) is 0 Å². The molecule has 1 aliphatic rings. The van der Waals surface area contributed by atoms with Crippen LogP contribution in [-0.2, 0) is 9.59 Å². The molecule has 0 aromatic heterocycles. The van der Waals surface area contributed by atoms with Crippen LogP contribution in [0.1, 0.15) is 19.4 Å². The van der Waals surface area contributed by atoms with Crippen molar-refractivity contribution in [3.05, 3.63) is 53.7 Å². The molecular weight excluding hydrogens is 372 g/mol. The lowest BCUT2D eigenvalue weighted by atomic mass is 10.0. The van der Waals surface area contributed by atoms with Crippen LogP contribution in [0.5, 0.6) is 17.2 Å². The molecule has 0 fully saturated rings. The number of hydrogen-bond donors (Lipinski definition) is 1. The van der Waals surface area contributed by atoms with Crippen LogP contribution in [0, 0.1) is 0 Å². The molecule has 0 saturated heterocycles. The van der Waals surface area contributed by atoms with Crippen LogP contribution in [0.25, 0.3) is 5.57 Å². The van der Waals surface area contributed by atoms with Gasteiger partial charge in [-0.05, 0) is 43.7 Å². The number of ether oxygens (including phenoxy) is 3. The second-order valence-corrected chi connectivity index (χ2v) is 6.25. The summed E-state index contributed by atoms with van der Waals surface area (Å²) in [7, 11) is 3.09. The van der Waals surface area contributed by atoms with Gasteiger partial charge in [0.05, 0.1) is 32.1 Å². The second kappa shape index (κ2) is 8.68. The summed E-state index contributed by atoms with van der Waals surface area (Å²) in [5.74, 6) is 1.11. The quantitative estimate of drug-likeness (QED) is 0.690. The molecule has 0 atom stereocenters. The van der Waals surface area contributed by atoms with Gasteiger partial charge in [-0.3, -0.25) is 14.5 Å². The SMILES string of the molecule is CCOc1ccc(C2=C(Nc3ccc(OC)cc3OC)C(=O)N(CC)C2=O)cc1. The van der Waals surface area contributed by atoms with Crippen molar-refractivity contribution in [2.75, 3.05) is 32.7 Å². The number of anilines is 1. The van der Waals surface area contributed by atoms with Gasteiger partial charge in [0.2, 0.25) is 0 Å². The molecule has 0 unspecified atom stereocenters. The number of benzene rings is 2. The van der Waals surface area contributed by atoms with Crippen LogP contribution in [0.15, 0.2) is 48.2 Å². The average molecular weight is 396 g/mol. The van der Waals surface area contributed by atoms with E-state index in [1.54, 1.807) is 56.5 Å². The first-order valence-electron chi connectivity index (χ1n) is 9.36. The van der Waals surface area contributed by atoms with E-state index in [-0.39, 0.29) is 24.1 Å². The smallest absolute Gasteiger partial charge is 0.278 e. The van der Waals surface area contributed by atoms with Crippen molar-refractivity contribution in [1.29, 1.82) is 0 Å². The van der Waals surface area contributed by atoms with Crippen molar-refractivity contribution < 1.29 is 23.8 Å². The molecule has 0 spiro atoms. The number of nitrogens with zero attached hydrogens (tertiary/aromatic N) is 1. The highest BCUT2D eigenvalue weighted by Crippen LogP contribution is 2.35. The van der Waals surface area contributed by atoms with Crippen molar-refractivity contribution >= 4 is 23.1 Å². The lowest BCUT2D eigenvalue weighted by Gasteiger charge is -2.14. The number of rotatable bonds is 8. The van der Waals surface area contributed by atoms with Gasteiger partial charge in [-0.15, -0.1) is 0 Å². The number of likely N-dealkylation sites (N-methyl/N-ethyl adjacent to an activating group) is 1. The molecular formula is C22H24N2O5. The summed E-state index contributed by atoms with van der Waals surface area (Å²) < 4.78 is 16.1. The maximum atomic E-state index is 12.9. The van der Waals surface area contributed by atoms with E-state index in [9.17, 15) is 9.59 Å². The predicted molar refractivity (Wildman–Crippen MR) is 110 cm³/mol. The molecule has 1 N–H and O–H groups in total. The minimum Gasteiger partial charge on any atom is -0.497 e. The standard InChI is InChI=1S/C22H24N2O5/c1-5-24-21(25)19(14-7-9-15(10-8-14)29-6-2)20(22(24)26)23-17-12-11-16(27-3)13-18(17)28-4/h7-13,23H,5-6H2,1-4H3. The van der Waals surface area contributed by atoms with Crippen molar-refractivity contribution in [2.24, 2.45) is 0 Å². The van der Waals surface area contributed by atoms with E-state index in [1.165, 1.54) is 12.0 Å². The highest BCUT2D eigenvalue weighted by molar-refractivity contribution is 6.36. The van der Waals surface area contributed by atoms with E-state index in [0.29, 0.717) is 40.7 Å². The number of imide groups is 1. The van der Waals surface area contributed by atoms with Gasteiger partial charge in [0.15, 0.2) is 0 Å². The monoisotopic (exact) mass is 396 g/mol. The normalized spacial score (nSPS) is 13.7. The summed E-state index contributed by atoms with van der Waals surface area (Å²) in [6, 6.07) is 12.3. The topological polar surface area (TPSA) is 77.1 Å². The Hall–Kier alpha value is -3.48. The molecule has 2 aromatic rings. The number of hydrogen-bond acceptors (Lipinski definition) is 6. The summed E-state index contributed by atoms with van der Waals surface area (Å²) in [5, 5.41) is 3.10. The van der Waals surface area contributed by atoms with Gasteiger partial charge in [0.25, 0.3) is 11.8 Å². The zero-order valence-electron chi connectivity index (χ0n) is 16.9. The fourth-order valence-corrected chi connectivity index (χ4v) is 3.17. The number of amides is 2. The summed E-state index contributed by atoms with van der Waals surface area (Å²) in [6.07, 6.45) is 0. The Morgan fingerprint density at radius 2 is 1.59 bits per heavy atom. The molecule has 0 saturated carbocycles. The first-order chi connectivity index (χ1) is 14.0. The summed E-state index contributed by atoms with van der Waals surface area (Å²) in [5.41, 5.74) is 1.73. The maximum absolute atomic E-state index is 12.9.